The molecule has 2 aliphatic rings. The van der Waals surface area contributed by atoms with E-state index < -0.39 is 0 Å². The molecule has 1 N–H and O–H groups in total. The van der Waals surface area contributed by atoms with Gasteiger partial charge in [-0.25, -0.2) is 0 Å². The lowest BCUT2D eigenvalue weighted by Gasteiger charge is -2.22. The zero-order valence-electron chi connectivity index (χ0n) is 11.2. The topological polar surface area (TPSA) is 39.1 Å². The highest BCUT2D eigenvalue weighted by molar-refractivity contribution is 5.01. The predicted octanol–water partition coefficient (Wildman–Crippen LogP) is 2.27. The van der Waals surface area contributed by atoms with E-state index in [1.807, 2.05) is 0 Å². The maximum Gasteiger partial charge on any atom is 0.0762 e. The van der Waals surface area contributed by atoms with Gasteiger partial charge in [0.1, 0.15) is 0 Å². The minimum Gasteiger partial charge on any atom is -0.379 e. The van der Waals surface area contributed by atoms with Crippen LogP contribution in [0.4, 0.5) is 0 Å². The number of hydrogen-bond acceptors (Lipinski definition) is 3. The van der Waals surface area contributed by atoms with Crippen molar-refractivity contribution in [2.24, 2.45) is 0 Å². The Morgan fingerprint density at radius 1 is 1.50 bits per heavy atom. The summed E-state index contributed by atoms with van der Waals surface area (Å²) in [4.78, 5) is 0. The molecule has 1 unspecified atom stereocenters. The van der Waals surface area contributed by atoms with E-state index in [0.29, 0.717) is 6.04 Å². The fourth-order valence-corrected chi connectivity index (χ4v) is 2.95. The quantitative estimate of drug-likeness (QED) is 0.889. The molecule has 0 bridgehead atoms. The normalized spacial score (nSPS) is 29.2. The zero-order valence-corrected chi connectivity index (χ0v) is 11.2. The predicted molar refractivity (Wildman–Crippen MR) is 70.4 cm³/mol. The SMILES string of the molecule is CC1(NCc2ccn(C3CCCC3)n2)CCOC1. The molecular weight excluding hydrogens is 226 g/mol. The van der Waals surface area contributed by atoms with Crippen molar-refractivity contribution in [2.75, 3.05) is 13.2 Å². The summed E-state index contributed by atoms with van der Waals surface area (Å²) in [6, 6.07) is 2.79. The van der Waals surface area contributed by atoms with E-state index in [1.54, 1.807) is 0 Å². The second-order valence-electron chi connectivity index (χ2n) is 5.94. The molecule has 100 valence electrons. The van der Waals surface area contributed by atoms with Crippen LogP contribution in [0.25, 0.3) is 0 Å². The summed E-state index contributed by atoms with van der Waals surface area (Å²) in [7, 11) is 0. The molecule has 1 aliphatic heterocycles. The third-order valence-electron chi connectivity index (χ3n) is 4.28. The maximum absolute atomic E-state index is 5.45. The third kappa shape index (κ3) is 2.59. The number of rotatable bonds is 4. The summed E-state index contributed by atoms with van der Waals surface area (Å²) in [5, 5.41) is 8.28. The van der Waals surface area contributed by atoms with Crippen LogP contribution in [0.5, 0.6) is 0 Å². The standard InChI is InChI=1S/C14H23N3O/c1-14(7-9-18-11-14)15-10-12-6-8-17(16-12)13-4-2-3-5-13/h6,8,13,15H,2-5,7,9-11H2,1H3. The fraction of sp³-hybridized carbons (Fsp3) is 0.786. The molecule has 1 aromatic rings. The van der Waals surface area contributed by atoms with Gasteiger partial charge in [-0.2, -0.15) is 5.10 Å². The van der Waals surface area contributed by atoms with Gasteiger partial charge in [0.2, 0.25) is 0 Å². The zero-order chi connectivity index (χ0) is 12.4. The fourth-order valence-electron chi connectivity index (χ4n) is 2.95. The average Bonchev–Trinajstić information content (AvgIpc) is 3.08. The van der Waals surface area contributed by atoms with Crippen molar-refractivity contribution in [1.29, 1.82) is 0 Å². The average molecular weight is 249 g/mol. The van der Waals surface area contributed by atoms with Crippen LogP contribution in [0.3, 0.4) is 0 Å². The number of nitrogens with zero attached hydrogens (tertiary/aromatic N) is 2. The second-order valence-corrected chi connectivity index (χ2v) is 5.94. The molecule has 18 heavy (non-hydrogen) atoms. The van der Waals surface area contributed by atoms with Gasteiger partial charge in [0, 0.05) is 24.9 Å². The molecule has 2 fully saturated rings. The summed E-state index contributed by atoms with van der Waals surface area (Å²) in [6.45, 7) is 4.77. The van der Waals surface area contributed by atoms with Crippen molar-refractivity contribution in [3.05, 3.63) is 18.0 Å². The monoisotopic (exact) mass is 249 g/mol. The van der Waals surface area contributed by atoms with Gasteiger partial charge in [0.15, 0.2) is 0 Å². The minimum absolute atomic E-state index is 0.136. The molecule has 0 amide bonds. The van der Waals surface area contributed by atoms with Gasteiger partial charge in [0.25, 0.3) is 0 Å². The Bertz CT molecular complexity index is 389. The Hall–Kier alpha value is -0.870. The summed E-state index contributed by atoms with van der Waals surface area (Å²) in [5.74, 6) is 0. The number of hydrogen-bond donors (Lipinski definition) is 1. The Morgan fingerprint density at radius 3 is 3.06 bits per heavy atom. The van der Waals surface area contributed by atoms with Crippen LogP contribution in [0.2, 0.25) is 0 Å². The lowest BCUT2D eigenvalue weighted by Crippen LogP contribution is -2.42. The highest BCUT2D eigenvalue weighted by Gasteiger charge is 2.29. The maximum atomic E-state index is 5.45. The molecule has 4 heteroatoms. The third-order valence-corrected chi connectivity index (χ3v) is 4.28. The second kappa shape index (κ2) is 5.02. The van der Waals surface area contributed by atoms with Crippen molar-refractivity contribution in [1.82, 2.24) is 15.1 Å². The van der Waals surface area contributed by atoms with Crippen LogP contribution in [0.15, 0.2) is 12.3 Å². The molecule has 3 rings (SSSR count). The van der Waals surface area contributed by atoms with E-state index in [1.165, 1.54) is 25.7 Å². The van der Waals surface area contributed by atoms with Gasteiger partial charge in [-0.15, -0.1) is 0 Å². The van der Waals surface area contributed by atoms with Crippen LogP contribution in [-0.4, -0.2) is 28.5 Å². The van der Waals surface area contributed by atoms with Gasteiger partial charge >= 0.3 is 0 Å². The lowest BCUT2D eigenvalue weighted by molar-refractivity contribution is 0.171. The van der Waals surface area contributed by atoms with E-state index in [4.69, 9.17) is 9.84 Å². The van der Waals surface area contributed by atoms with E-state index in [9.17, 15) is 0 Å². The van der Waals surface area contributed by atoms with Gasteiger partial charge in [-0.05, 0) is 32.3 Å². The van der Waals surface area contributed by atoms with Crippen molar-refractivity contribution in [3.63, 3.8) is 0 Å². The van der Waals surface area contributed by atoms with E-state index >= 15 is 0 Å². The first kappa shape index (κ1) is 12.2. The van der Waals surface area contributed by atoms with Crippen LogP contribution >= 0.6 is 0 Å². The molecule has 1 aliphatic carbocycles. The van der Waals surface area contributed by atoms with Crippen LogP contribution in [0.1, 0.15) is 50.8 Å². The Balaban J connectivity index is 1.56. The molecule has 1 saturated carbocycles. The van der Waals surface area contributed by atoms with Gasteiger partial charge in [-0.3, -0.25) is 4.68 Å². The Morgan fingerprint density at radius 2 is 2.33 bits per heavy atom. The van der Waals surface area contributed by atoms with E-state index in [2.05, 4.69) is 29.2 Å². The first-order valence-electron chi connectivity index (χ1n) is 7.12. The van der Waals surface area contributed by atoms with Crippen molar-refractivity contribution in [3.8, 4) is 0 Å². The van der Waals surface area contributed by atoms with Crippen molar-refractivity contribution in [2.45, 2.75) is 57.2 Å². The summed E-state index contributed by atoms with van der Waals surface area (Å²) in [5.41, 5.74) is 1.28. The van der Waals surface area contributed by atoms with Gasteiger partial charge in [0.05, 0.1) is 18.3 Å². The van der Waals surface area contributed by atoms with Crippen LogP contribution in [0, 0.1) is 0 Å². The number of aromatic nitrogens is 2. The molecule has 0 radical (unpaired) electrons. The molecule has 0 spiro atoms. The molecule has 1 saturated heterocycles. The lowest BCUT2D eigenvalue weighted by atomic mass is 10.0. The Labute approximate surface area is 109 Å². The van der Waals surface area contributed by atoms with Crippen LogP contribution < -0.4 is 5.32 Å². The van der Waals surface area contributed by atoms with Crippen molar-refractivity contribution >= 4 is 0 Å². The van der Waals surface area contributed by atoms with Gasteiger partial charge < -0.3 is 10.1 Å². The van der Waals surface area contributed by atoms with Gasteiger partial charge in [-0.1, -0.05) is 12.8 Å². The first-order chi connectivity index (χ1) is 8.75. The molecule has 0 aromatic carbocycles. The molecule has 1 atom stereocenters. The highest BCUT2D eigenvalue weighted by atomic mass is 16.5. The highest BCUT2D eigenvalue weighted by Crippen LogP contribution is 2.28. The number of ether oxygens (including phenoxy) is 1. The minimum atomic E-state index is 0.136. The Kier molecular flexibility index (Phi) is 3.39. The first-order valence-corrected chi connectivity index (χ1v) is 7.12. The largest absolute Gasteiger partial charge is 0.379 e. The van der Waals surface area contributed by atoms with Crippen LogP contribution in [-0.2, 0) is 11.3 Å². The summed E-state index contributed by atoms with van der Waals surface area (Å²) >= 11 is 0. The summed E-state index contributed by atoms with van der Waals surface area (Å²) < 4.78 is 7.61. The summed E-state index contributed by atoms with van der Waals surface area (Å²) in [6.07, 6.45) is 8.53. The van der Waals surface area contributed by atoms with Crippen molar-refractivity contribution < 1.29 is 4.74 Å². The van der Waals surface area contributed by atoms with E-state index in [-0.39, 0.29) is 5.54 Å². The molecule has 1 aromatic heterocycles. The smallest absolute Gasteiger partial charge is 0.0762 e. The molecule has 4 nitrogen and oxygen atoms in total. The van der Waals surface area contributed by atoms with E-state index in [0.717, 1.165) is 31.9 Å². The number of nitrogens with one attached hydrogen (secondary N) is 1. The molecular formula is C14H23N3O. The molecule has 2 heterocycles.